The van der Waals surface area contributed by atoms with Gasteiger partial charge in [0.2, 0.25) is 5.78 Å². The van der Waals surface area contributed by atoms with Crippen molar-refractivity contribution < 1.29 is 33.7 Å². The number of hydrogen-bond acceptors (Lipinski definition) is 7. The van der Waals surface area contributed by atoms with Crippen LogP contribution in [0, 0.1) is 0 Å². The van der Waals surface area contributed by atoms with Crippen molar-refractivity contribution in [1.29, 1.82) is 0 Å². The Hall–Kier alpha value is -1.47. The van der Waals surface area contributed by atoms with Crippen LogP contribution in [0.15, 0.2) is 0 Å². The Morgan fingerprint density at radius 3 is 2.38 bits per heavy atom. The molecule has 0 aliphatic carbocycles. The molecule has 7 nitrogen and oxygen atoms in total. The zero-order valence-corrected chi connectivity index (χ0v) is 12.8. The van der Waals surface area contributed by atoms with E-state index in [2.05, 4.69) is 4.74 Å². The van der Waals surface area contributed by atoms with Crippen LogP contribution >= 0.6 is 0 Å². The van der Waals surface area contributed by atoms with Crippen LogP contribution in [-0.2, 0) is 28.6 Å². The second-order valence-corrected chi connectivity index (χ2v) is 5.72. The van der Waals surface area contributed by atoms with Gasteiger partial charge in [0.05, 0.1) is 6.10 Å². The van der Waals surface area contributed by atoms with Gasteiger partial charge in [0.1, 0.15) is 17.8 Å². The van der Waals surface area contributed by atoms with Crippen LogP contribution in [0.25, 0.3) is 0 Å². The minimum Gasteiger partial charge on any atom is -0.463 e. The average molecular weight is 302 g/mol. The van der Waals surface area contributed by atoms with Crippen LogP contribution in [0.2, 0.25) is 0 Å². The number of carbonyl (C=O) groups is 3. The van der Waals surface area contributed by atoms with Gasteiger partial charge in [-0.25, -0.2) is 0 Å². The summed E-state index contributed by atoms with van der Waals surface area (Å²) in [7, 11) is 0. The Kier molecular flexibility index (Phi) is 5.47. The average Bonchev–Trinajstić information content (AvgIpc) is 2.78. The van der Waals surface area contributed by atoms with E-state index in [0.29, 0.717) is 12.8 Å². The van der Waals surface area contributed by atoms with Crippen molar-refractivity contribution in [3.63, 3.8) is 0 Å². The molecule has 0 aromatic carbocycles. The molecule has 0 spiro atoms. The van der Waals surface area contributed by atoms with Gasteiger partial charge in [-0.1, -0.05) is 0 Å². The number of hydrogen-bond donors (Lipinski definition) is 1. The van der Waals surface area contributed by atoms with Gasteiger partial charge in [-0.05, 0) is 26.7 Å². The number of esters is 2. The van der Waals surface area contributed by atoms with Crippen molar-refractivity contribution in [2.24, 2.45) is 0 Å². The van der Waals surface area contributed by atoms with Crippen LogP contribution in [0.4, 0.5) is 0 Å². The normalized spacial score (nSPS) is 27.8. The number of ketones is 1. The maximum absolute atomic E-state index is 12.0. The molecule has 1 aliphatic rings. The van der Waals surface area contributed by atoms with Crippen LogP contribution in [0.3, 0.4) is 0 Å². The Bertz CT molecular complexity index is 429. The zero-order chi connectivity index (χ0) is 16.3. The van der Waals surface area contributed by atoms with Crippen LogP contribution in [0.1, 0.15) is 40.5 Å². The van der Waals surface area contributed by atoms with E-state index < -0.39 is 29.2 Å². The molecule has 1 N–H and O–H groups in total. The molecule has 0 aromatic heterocycles. The van der Waals surface area contributed by atoms with E-state index in [9.17, 15) is 19.5 Å². The molecule has 0 aromatic rings. The smallest absolute Gasteiger partial charge is 0.303 e. The maximum atomic E-state index is 12.0. The first kappa shape index (κ1) is 17.6. The summed E-state index contributed by atoms with van der Waals surface area (Å²) in [6, 6.07) is 0. The fraction of sp³-hybridized carbons (Fsp3) is 0.786. The molecule has 1 heterocycles. The molecule has 1 saturated heterocycles. The fourth-order valence-corrected chi connectivity index (χ4v) is 2.14. The van der Waals surface area contributed by atoms with E-state index in [0.717, 1.165) is 0 Å². The second kappa shape index (κ2) is 6.53. The molecule has 3 atom stereocenters. The summed E-state index contributed by atoms with van der Waals surface area (Å²) in [6.45, 7) is 4.99. The molecule has 0 bridgehead atoms. The summed E-state index contributed by atoms with van der Waals surface area (Å²) in [5, 5.41) is 10.3. The lowest BCUT2D eigenvalue weighted by atomic mass is 9.94. The van der Waals surface area contributed by atoms with Gasteiger partial charge < -0.3 is 19.3 Å². The van der Waals surface area contributed by atoms with Gasteiger partial charge >= 0.3 is 11.9 Å². The predicted octanol–water partition coefficient (Wildman–Crippen LogP) is 0.370. The van der Waals surface area contributed by atoms with Crippen LogP contribution in [0.5, 0.6) is 0 Å². The lowest BCUT2D eigenvalue weighted by molar-refractivity contribution is -0.174. The first-order chi connectivity index (χ1) is 9.57. The van der Waals surface area contributed by atoms with Gasteiger partial charge in [0.25, 0.3) is 0 Å². The quantitative estimate of drug-likeness (QED) is 0.708. The van der Waals surface area contributed by atoms with Gasteiger partial charge in [-0.2, -0.15) is 0 Å². The third-order valence-electron chi connectivity index (χ3n) is 3.54. The molecule has 0 radical (unpaired) electrons. The molecule has 1 fully saturated rings. The second-order valence-electron chi connectivity index (χ2n) is 5.72. The topological polar surface area (TPSA) is 99.1 Å². The number of ether oxygens (including phenoxy) is 3. The molecule has 0 unspecified atom stereocenters. The highest BCUT2D eigenvalue weighted by Gasteiger charge is 2.48. The Morgan fingerprint density at radius 1 is 1.29 bits per heavy atom. The summed E-state index contributed by atoms with van der Waals surface area (Å²) in [4.78, 5) is 33.6. The van der Waals surface area contributed by atoms with E-state index >= 15 is 0 Å². The summed E-state index contributed by atoms with van der Waals surface area (Å²) in [6.07, 6.45) is 0.202. The standard InChI is InChI=1S/C14H22O7/c1-9(15)19-7-11(17)14(4)6-5-12(21-14)13(3,18)8-20-10(2)16/h12,18H,5-8H2,1-4H3/t12-,13+,14+/m1/s1. The van der Waals surface area contributed by atoms with Crippen molar-refractivity contribution in [3.05, 3.63) is 0 Å². The molecule has 120 valence electrons. The maximum Gasteiger partial charge on any atom is 0.303 e. The molecular formula is C14H22O7. The Labute approximate surface area is 123 Å². The SMILES string of the molecule is CC(=O)OCC(=O)[C@]1(C)CC[C@H]([C@@](C)(O)COC(C)=O)O1. The highest BCUT2D eigenvalue weighted by atomic mass is 16.6. The van der Waals surface area contributed by atoms with Gasteiger partial charge in [0.15, 0.2) is 6.61 Å². The van der Waals surface area contributed by atoms with E-state index in [1.165, 1.54) is 20.8 Å². The minimum absolute atomic E-state index is 0.207. The Balaban J connectivity index is 2.62. The zero-order valence-electron chi connectivity index (χ0n) is 12.8. The minimum atomic E-state index is -1.38. The number of Topliss-reactive ketones (excluding diaryl/α,β-unsaturated/α-hetero) is 1. The number of carbonyl (C=O) groups excluding carboxylic acids is 3. The highest BCUT2D eigenvalue weighted by Crippen LogP contribution is 2.36. The van der Waals surface area contributed by atoms with E-state index in [4.69, 9.17) is 9.47 Å². The largest absolute Gasteiger partial charge is 0.463 e. The molecule has 21 heavy (non-hydrogen) atoms. The molecule has 0 saturated carbocycles. The molecule has 0 amide bonds. The van der Waals surface area contributed by atoms with E-state index in [-0.39, 0.29) is 19.0 Å². The first-order valence-electron chi connectivity index (χ1n) is 6.77. The third kappa shape index (κ3) is 4.78. The van der Waals surface area contributed by atoms with Crippen molar-refractivity contribution in [2.45, 2.75) is 57.8 Å². The Morgan fingerprint density at radius 2 is 1.86 bits per heavy atom. The lowest BCUT2D eigenvalue weighted by Crippen LogP contribution is -2.47. The summed E-state index contributed by atoms with van der Waals surface area (Å²) < 4.78 is 15.1. The van der Waals surface area contributed by atoms with Crippen LogP contribution < -0.4 is 0 Å². The monoisotopic (exact) mass is 302 g/mol. The van der Waals surface area contributed by atoms with Gasteiger partial charge in [0, 0.05) is 13.8 Å². The molecule has 1 rings (SSSR count). The van der Waals surface area contributed by atoms with Crippen molar-refractivity contribution in [2.75, 3.05) is 13.2 Å². The molecule has 7 heteroatoms. The van der Waals surface area contributed by atoms with Crippen LogP contribution in [-0.4, -0.2) is 53.3 Å². The van der Waals surface area contributed by atoms with E-state index in [1.807, 2.05) is 0 Å². The molecular weight excluding hydrogens is 280 g/mol. The summed E-state index contributed by atoms with van der Waals surface area (Å²) in [5.74, 6) is -1.39. The fourth-order valence-electron chi connectivity index (χ4n) is 2.14. The van der Waals surface area contributed by atoms with Crippen molar-refractivity contribution in [3.8, 4) is 0 Å². The predicted molar refractivity (Wildman–Crippen MR) is 71.4 cm³/mol. The summed E-state index contributed by atoms with van der Waals surface area (Å²) >= 11 is 0. The van der Waals surface area contributed by atoms with Crippen molar-refractivity contribution in [1.82, 2.24) is 0 Å². The van der Waals surface area contributed by atoms with Gasteiger partial charge in [-0.15, -0.1) is 0 Å². The lowest BCUT2D eigenvalue weighted by Gasteiger charge is -2.31. The first-order valence-corrected chi connectivity index (χ1v) is 6.77. The molecule has 1 aliphatic heterocycles. The number of aliphatic hydroxyl groups is 1. The number of rotatable bonds is 6. The van der Waals surface area contributed by atoms with E-state index in [1.54, 1.807) is 6.92 Å². The van der Waals surface area contributed by atoms with Gasteiger partial charge in [-0.3, -0.25) is 14.4 Å². The third-order valence-corrected chi connectivity index (χ3v) is 3.54. The summed E-state index contributed by atoms with van der Waals surface area (Å²) in [5.41, 5.74) is -2.49. The highest BCUT2D eigenvalue weighted by molar-refractivity contribution is 5.89. The van der Waals surface area contributed by atoms with Crippen molar-refractivity contribution >= 4 is 17.7 Å².